The molecule has 1 fully saturated rings. The van der Waals surface area contributed by atoms with Gasteiger partial charge in [0, 0.05) is 24.2 Å². The Hall–Kier alpha value is -5.06. The monoisotopic (exact) mass is 556 g/mol. The number of benzene rings is 3. The second-order valence-corrected chi connectivity index (χ2v) is 9.84. The van der Waals surface area contributed by atoms with Crippen molar-refractivity contribution in [3.63, 3.8) is 0 Å². The quantitative estimate of drug-likeness (QED) is 0.271. The number of carbonyl (C=O) groups is 3. The lowest BCUT2D eigenvalue weighted by Gasteiger charge is -2.14. The molecule has 2 heterocycles. The fraction of sp³-hybridized carbons (Fsp3) is 0.267. The maximum atomic E-state index is 12.9. The van der Waals surface area contributed by atoms with Crippen LogP contribution < -0.4 is 15.2 Å². The minimum absolute atomic E-state index is 0.0207. The van der Waals surface area contributed by atoms with Crippen molar-refractivity contribution in [2.45, 2.75) is 32.9 Å². The molecule has 0 aliphatic carbocycles. The van der Waals surface area contributed by atoms with Crippen LogP contribution in [0.3, 0.4) is 0 Å². The largest absolute Gasteiger partial charge is 0.489 e. The molecule has 210 valence electrons. The highest BCUT2D eigenvalue weighted by molar-refractivity contribution is 5.98. The average Bonchev–Trinajstić information content (AvgIpc) is 3.41. The molecule has 11 heteroatoms. The lowest BCUT2D eigenvalue weighted by Crippen LogP contribution is -2.27. The molecule has 1 amide bonds. The van der Waals surface area contributed by atoms with E-state index in [9.17, 15) is 24.3 Å². The highest BCUT2D eigenvalue weighted by Crippen LogP contribution is 2.22. The first-order valence-corrected chi connectivity index (χ1v) is 13.1. The minimum atomic E-state index is -1.12. The molecule has 4 aromatic rings. The van der Waals surface area contributed by atoms with E-state index in [1.54, 1.807) is 41.3 Å². The fourth-order valence-electron chi connectivity index (χ4n) is 4.61. The van der Waals surface area contributed by atoms with Crippen molar-refractivity contribution in [1.29, 1.82) is 0 Å². The third-order valence-corrected chi connectivity index (χ3v) is 6.91. The van der Waals surface area contributed by atoms with Crippen LogP contribution in [0.2, 0.25) is 0 Å². The summed E-state index contributed by atoms with van der Waals surface area (Å²) in [6, 6.07) is 19.2. The molecule has 0 spiro atoms. The van der Waals surface area contributed by atoms with Gasteiger partial charge in [0.05, 0.1) is 17.8 Å². The van der Waals surface area contributed by atoms with E-state index >= 15 is 0 Å². The van der Waals surface area contributed by atoms with Gasteiger partial charge in [-0.2, -0.15) is 0 Å². The highest BCUT2D eigenvalue weighted by atomic mass is 16.6. The highest BCUT2D eigenvalue weighted by Gasteiger charge is 2.24. The van der Waals surface area contributed by atoms with Crippen molar-refractivity contribution >= 4 is 34.4 Å². The summed E-state index contributed by atoms with van der Waals surface area (Å²) in [4.78, 5) is 51.0. The summed E-state index contributed by atoms with van der Waals surface area (Å²) < 4.78 is 12.0. The molecule has 1 saturated heterocycles. The number of amides is 1. The van der Waals surface area contributed by atoms with Crippen molar-refractivity contribution in [2.24, 2.45) is 5.92 Å². The molecule has 1 aromatic heterocycles. The van der Waals surface area contributed by atoms with Gasteiger partial charge in [-0.1, -0.05) is 29.0 Å². The van der Waals surface area contributed by atoms with Crippen molar-refractivity contribution in [2.75, 3.05) is 18.1 Å². The Morgan fingerprint density at radius 1 is 1.07 bits per heavy atom. The molecule has 0 saturated carbocycles. The zero-order valence-corrected chi connectivity index (χ0v) is 22.4. The molecular weight excluding hydrogens is 528 g/mol. The van der Waals surface area contributed by atoms with Crippen LogP contribution in [-0.2, 0) is 22.7 Å². The maximum Gasteiger partial charge on any atom is 0.414 e. The number of Topliss-reactive ketones (excluding diaryl/α,β-unsaturated/α-hetero) is 1. The first-order chi connectivity index (χ1) is 19.8. The molecule has 1 aliphatic rings. The van der Waals surface area contributed by atoms with Gasteiger partial charge >= 0.3 is 12.1 Å². The predicted molar refractivity (Wildman–Crippen MR) is 149 cm³/mol. The number of hydrogen-bond donors (Lipinski definition) is 1. The van der Waals surface area contributed by atoms with Gasteiger partial charge in [0.25, 0.3) is 5.56 Å². The van der Waals surface area contributed by atoms with Crippen LogP contribution in [0.1, 0.15) is 34.3 Å². The van der Waals surface area contributed by atoms with Crippen LogP contribution in [-0.4, -0.2) is 51.1 Å². The van der Waals surface area contributed by atoms with E-state index in [1.165, 1.54) is 0 Å². The van der Waals surface area contributed by atoms with Crippen LogP contribution in [0.4, 0.5) is 10.5 Å². The van der Waals surface area contributed by atoms with Crippen molar-refractivity contribution in [3.8, 4) is 5.75 Å². The number of ketones is 1. The minimum Gasteiger partial charge on any atom is -0.489 e. The van der Waals surface area contributed by atoms with E-state index < -0.39 is 11.9 Å². The standard InChI is InChI=1S/C30H28N4O7/c1-19-5-10-26-25(15-19)28(36)34(32-31-26)12-11-22(29(37)38)17-27(35)21-6-8-24(9-7-21)41-18-20-3-2-4-23(16-20)33-13-14-40-30(33)39/h2-10,15-16,22H,11-14,17-18H2,1H3,(H,37,38). The normalized spacial score (nSPS) is 13.7. The number of carboxylic acids is 1. The van der Waals surface area contributed by atoms with Crippen LogP contribution in [0.25, 0.3) is 10.9 Å². The second-order valence-electron chi connectivity index (χ2n) is 9.84. The predicted octanol–water partition coefficient (Wildman–Crippen LogP) is 4.00. The molecule has 0 radical (unpaired) electrons. The lowest BCUT2D eigenvalue weighted by molar-refractivity contribution is -0.142. The summed E-state index contributed by atoms with van der Waals surface area (Å²) in [5.41, 5.74) is 2.97. The van der Waals surface area contributed by atoms with Gasteiger partial charge in [0.2, 0.25) is 0 Å². The van der Waals surface area contributed by atoms with Gasteiger partial charge in [0.15, 0.2) is 5.78 Å². The molecule has 1 N–H and O–H groups in total. The van der Waals surface area contributed by atoms with Crippen LogP contribution >= 0.6 is 0 Å². The summed E-state index contributed by atoms with van der Waals surface area (Å²) in [7, 11) is 0. The molecule has 1 atom stereocenters. The Bertz CT molecular complexity index is 1670. The number of ether oxygens (including phenoxy) is 2. The van der Waals surface area contributed by atoms with E-state index in [0.29, 0.717) is 35.4 Å². The molecule has 3 aromatic carbocycles. The zero-order chi connectivity index (χ0) is 28.9. The van der Waals surface area contributed by atoms with Gasteiger partial charge in [-0.25, -0.2) is 9.48 Å². The third-order valence-electron chi connectivity index (χ3n) is 6.91. The van der Waals surface area contributed by atoms with Crippen molar-refractivity contribution in [3.05, 3.63) is 93.8 Å². The van der Waals surface area contributed by atoms with E-state index in [-0.39, 0.29) is 43.4 Å². The van der Waals surface area contributed by atoms with Gasteiger partial charge in [-0.15, -0.1) is 5.10 Å². The van der Waals surface area contributed by atoms with E-state index in [0.717, 1.165) is 21.5 Å². The number of anilines is 1. The third kappa shape index (κ3) is 6.40. The van der Waals surface area contributed by atoms with E-state index in [2.05, 4.69) is 10.3 Å². The zero-order valence-electron chi connectivity index (χ0n) is 22.4. The van der Waals surface area contributed by atoms with Gasteiger partial charge in [-0.05, 0) is 67.4 Å². The number of carbonyl (C=O) groups excluding carboxylic acids is 2. The summed E-state index contributed by atoms with van der Waals surface area (Å²) in [5.74, 6) is -1.92. The number of cyclic esters (lactones) is 1. The van der Waals surface area contributed by atoms with E-state index in [4.69, 9.17) is 9.47 Å². The van der Waals surface area contributed by atoms with Crippen LogP contribution in [0.15, 0.2) is 71.5 Å². The maximum absolute atomic E-state index is 12.9. The molecular formula is C30H28N4O7. The first-order valence-electron chi connectivity index (χ1n) is 13.1. The fourth-order valence-corrected chi connectivity index (χ4v) is 4.61. The Kier molecular flexibility index (Phi) is 8.04. The number of hydrogen-bond acceptors (Lipinski definition) is 8. The molecule has 1 unspecified atom stereocenters. The van der Waals surface area contributed by atoms with Crippen LogP contribution in [0, 0.1) is 12.8 Å². The van der Waals surface area contributed by atoms with Gasteiger partial charge in [0.1, 0.15) is 24.5 Å². The number of aromatic nitrogens is 3. The Labute approximate surface area is 234 Å². The number of rotatable bonds is 11. The lowest BCUT2D eigenvalue weighted by atomic mass is 9.95. The summed E-state index contributed by atoms with van der Waals surface area (Å²) in [6.45, 7) is 2.99. The molecule has 5 rings (SSSR count). The molecule has 1 aliphatic heterocycles. The number of aliphatic carboxylic acids is 1. The van der Waals surface area contributed by atoms with Crippen LogP contribution in [0.5, 0.6) is 5.75 Å². The number of aryl methyl sites for hydroxylation is 2. The Morgan fingerprint density at radius 3 is 2.61 bits per heavy atom. The molecule has 11 nitrogen and oxygen atoms in total. The number of fused-ring (bicyclic) bond motifs is 1. The van der Waals surface area contributed by atoms with Crippen molar-refractivity contribution in [1.82, 2.24) is 15.0 Å². The topological polar surface area (TPSA) is 141 Å². The molecule has 0 bridgehead atoms. The van der Waals surface area contributed by atoms with Gasteiger partial charge in [-0.3, -0.25) is 19.3 Å². The van der Waals surface area contributed by atoms with E-state index in [1.807, 2.05) is 37.3 Å². The van der Waals surface area contributed by atoms with Gasteiger partial charge < -0.3 is 14.6 Å². The SMILES string of the molecule is Cc1ccc2nnn(CCC(CC(=O)c3ccc(OCc4cccc(N5CCOC5=O)c4)cc3)C(=O)O)c(=O)c2c1. The Balaban J connectivity index is 1.18. The summed E-state index contributed by atoms with van der Waals surface area (Å²) >= 11 is 0. The summed E-state index contributed by atoms with van der Waals surface area (Å²) in [5, 5.41) is 18.1. The Morgan fingerprint density at radius 2 is 1.88 bits per heavy atom. The number of nitrogens with zero attached hydrogens (tertiary/aromatic N) is 4. The van der Waals surface area contributed by atoms with Crippen molar-refractivity contribution < 1.29 is 29.0 Å². The first kappa shape index (κ1) is 27.5. The average molecular weight is 557 g/mol. The second kappa shape index (κ2) is 12.0. The summed E-state index contributed by atoms with van der Waals surface area (Å²) in [6.07, 6.45) is -0.557. The smallest absolute Gasteiger partial charge is 0.414 e. The molecule has 41 heavy (non-hydrogen) atoms. The number of carboxylic acid groups (broad SMARTS) is 1.